The number of aliphatic hydroxyl groups is 1. The maximum absolute atomic E-state index is 11.8. The van der Waals surface area contributed by atoms with E-state index in [1.165, 1.54) is 4.90 Å². The first-order valence-corrected chi connectivity index (χ1v) is 6.78. The second-order valence-electron chi connectivity index (χ2n) is 5.27. The minimum atomic E-state index is -0.881. The lowest BCUT2D eigenvalue weighted by Gasteiger charge is -2.19. The molecule has 3 amide bonds. The molecule has 108 valence electrons. The van der Waals surface area contributed by atoms with Crippen LogP contribution in [-0.4, -0.2) is 47.0 Å². The first-order chi connectivity index (χ1) is 10.1. The number of hydrogen-bond acceptors (Lipinski definition) is 3. The van der Waals surface area contributed by atoms with E-state index >= 15 is 0 Å². The Bertz CT molecular complexity index is 713. The molecule has 0 aromatic heterocycles. The molecule has 5 heteroatoms. The van der Waals surface area contributed by atoms with E-state index in [1.807, 2.05) is 42.5 Å². The highest BCUT2D eigenvalue weighted by molar-refractivity contribution is 6.01. The lowest BCUT2D eigenvalue weighted by molar-refractivity contribution is -0.126. The quantitative estimate of drug-likeness (QED) is 0.874. The number of urea groups is 1. The number of rotatable bonds is 3. The van der Waals surface area contributed by atoms with Crippen molar-refractivity contribution >= 4 is 22.7 Å². The van der Waals surface area contributed by atoms with Crippen molar-refractivity contribution in [3.63, 3.8) is 0 Å². The van der Waals surface area contributed by atoms with Gasteiger partial charge in [0.05, 0.1) is 12.6 Å². The van der Waals surface area contributed by atoms with Gasteiger partial charge in [-0.1, -0.05) is 36.4 Å². The molecule has 2 aromatic rings. The first-order valence-electron chi connectivity index (χ1n) is 6.78. The number of imide groups is 1. The zero-order valence-electron chi connectivity index (χ0n) is 11.7. The van der Waals surface area contributed by atoms with E-state index in [0.29, 0.717) is 5.56 Å². The molecule has 1 aliphatic heterocycles. The maximum atomic E-state index is 11.8. The molecule has 1 N–H and O–H groups in total. The second kappa shape index (κ2) is 5.18. The molecular weight excluding hydrogens is 268 g/mol. The first kappa shape index (κ1) is 13.6. The predicted octanol–water partition coefficient (Wildman–Crippen LogP) is 1.77. The van der Waals surface area contributed by atoms with Gasteiger partial charge in [-0.2, -0.15) is 0 Å². The molecule has 5 nitrogen and oxygen atoms in total. The van der Waals surface area contributed by atoms with Gasteiger partial charge in [-0.25, -0.2) is 4.79 Å². The van der Waals surface area contributed by atoms with Gasteiger partial charge in [0.15, 0.2) is 0 Å². The summed E-state index contributed by atoms with van der Waals surface area (Å²) >= 11 is 0. The van der Waals surface area contributed by atoms with Crippen LogP contribution in [0.5, 0.6) is 0 Å². The average Bonchev–Trinajstić information content (AvgIpc) is 2.73. The third-order valence-electron chi connectivity index (χ3n) is 3.74. The van der Waals surface area contributed by atoms with Crippen molar-refractivity contribution in [2.24, 2.45) is 0 Å². The zero-order chi connectivity index (χ0) is 15.0. The van der Waals surface area contributed by atoms with Crippen LogP contribution in [0.4, 0.5) is 4.79 Å². The van der Waals surface area contributed by atoms with Gasteiger partial charge in [-0.3, -0.25) is 9.69 Å². The molecule has 3 rings (SSSR count). The van der Waals surface area contributed by atoms with E-state index in [4.69, 9.17) is 0 Å². The van der Waals surface area contributed by atoms with Gasteiger partial charge in [0.25, 0.3) is 0 Å². The smallest absolute Gasteiger partial charge is 0.327 e. The Morgan fingerprint density at radius 3 is 2.52 bits per heavy atom. The number of carbonyl (C=O) groups is 2. The standard InChI is InChI=1S/C16H16N2O3/c1-17-10-15(20)18(16(17)21)9-14(19)13-7-6-11-4-2-3-5-12(11)8-13/h2-8,14,19H,9-10H2,1H3. The summed E-state index contributed by atoms with van der Waals surface area (Å²) in [7, 11) is 1.57. The summed E-state index contributed by atoms with van der Waals surface area (Å²) in [5.74, 6) is -0.276. The lowest BCUT2D eigenvalue weighted by Crippen LogP contribution is -2.35. The van der Waals surface area contributed by atoms with E-state index < -0.39 is 6.10 Å². The number of nitrogens with zero attached hydrogens (tertiary/aromatic N) is 2. The molecule has 0 aliphatic carbocycles. The highest BCUT2D eigenvalue weighted by atomic mass is 16.3. The van der Waals surface area contributed by atoms with Crippen molar-refractivity contribution < 1.29 is 14.7 Å². The van der Waals surface area contributed by atoms with Crippen molar-refractivity contribution in [2.75, 3.05) is 20.1 Å². The van der Waals surface area contributed by atoms with Crippen LogP contribution in [0.25, 0.3) is 10.8 Å². The summed E-state index contributed by atoms with van der Waals surface area (Å²) in [6.45, 7) is 0.0591. The highest BCUT2D eigenvalue weighted by Crippen LogP contribution is 2.22. The Morgan fingerprint density at radius 1 is 1.14 bits per heavy atom. The van der Waals surface area contributed by atoms with Crippen LogP contribution in [0.15, 0.2) is 42.5 Å². The molecule has 0 saturated carbocycles. The molecule has 1 fully saturated rings. The molecule has 1 aliphatic rings. The van der Waals surface area contributed by atoms with Gasteiger partial charge in [-0.15, -0.1) is 0 Å². The van der Waals surface area contributed by atoms with E-state index in [1.54, 1.807) is 7.05 Å². The fourth-order valence-corrected chi connectivity index (χ4v) is 2.54. The normalized spacial score (nSPS) is 16.9. The van der Waals surface area contributed by atoms with Crippen LogP contribution in [0.2, 0.25) is 0 Å². The molecule has 1 unspecified atom stereocenters. The topological polar surface area (TPSA) is 60.9 Å². The van der Waals surface area contributed by atoms with Gasteiger partial charge in [0.1, 0.15) is 6.54 Å². The molecule has 0 spiro atoms. The Balaban J connectivity index is 1.82. The van der Waals surface area contributed by atoms with Crippen LogP contribution >= 0.6 is 0 Å². The molecule has 1 atom stereocenters. The number of fused-ring (bicyclic) bond motifs is 1. The number of benzene rings is 2. The summed E-state index contributed by atoms with van der Waals surface area (Å²) in [4.78, 5) is 26.0. The third-order valence-corrected chi connectivity index (χ3v) is 3.74. The van der Waals surface area contributed by atoms with Gasteiger partial charge >= 0.3 is 6.03 Å². The molecule has 21 heavy (non-hydrogen) atoms. The fraction of sp³-hybridized carbons (Fsp3) is 0.250. The van der Waals surface area contributed by atoms with Crippen LogP contribution in [-0.2, 0) is 4.79 Å². The van der Waals surface area contributed by atoms with E-state index in [-0.39, 0.29) is 25.0 Å². The summed E-state index contributed by atoms with van der Waals surface area (Å²) in [5.41, 5.74) is 0.698. The van der Waals surface area contributed by atoms with E-state index in [2.05, 4.69) is 0 Å². The Morgan fingerprint density at radius 2 is 1.86 bits per heavy atom. The minimum absolute atomic E-state index is 0.0135. The summed E-state index contributed by atoms with van der Waals surface area (Å²) in [6, 6.07) is 13.1. The van der Waals surface area contributed by atoms with Crippen LogP contribution in [0.3, 0.4) is 0 Å². The summed E-state index contributed by atoms with van der Waals surface area (Å²) in [6.07, 6.45) is -0.881. The van der Waals surface area contributed by atoms with Crippen molar-refractivity contribution in [3.8, 4) is 0 Å². The van der Waals surface area contributed by atoms with Gasteiger partial charge in [0.2, 0.25) is 5.91 Å². The van der Waals surface area contributed by atoms with Crippen LogP contribution in [0, 0.1) is 0 Å². The van der Waals surface area contributed by atoms with Crippen molar-refractivity contribution in [3.05, 3.63) is 48.0 Å². The number of β-amino-alcohol motifs (C(OH)–C–C–N with tert-alkyl or cyclic N) is 1. The maximum Gasteiger partial charge on any atom is 0.327 e. The number of aliphatic hydroxyl groups excluding tert-OH is 1. The van der Waals surface area contributed by atoms with Crippen molar-refractivity contribution in [1.29, 1.82) is 0 Å². The van der Waals surface area contributed by atoms with Gasteiger partial charge < -0.3 is 10.0 Å². The molecule has 2 aromatic carbocycles. The Hall–Kier alpha value is -2.40. The van der Waals surface area contributed by atoms with Crippen LogP contribution in [0.1, 0.15) is 11.7 Å². The summed E-state index contributed by atoms with van der Waals surface area (Å²) in [5, 5.41) is 12.4. The second-order valence-corrected chi connectivity index (χ2v) is 5.27. The van der Waals surface area contributed by atoms with Crippen molar-refractivity contribution in [2.45, 2.75) is 6.10 Å². The summed E-state index contributed by atoms with van der Waals surface area (Å²) < 4.78 is 0. The largest absolute Gasteiger partial charge is 0.387 e. The highest BCUT2D eigenvalue weighted by Gasteiger charge is 2.34. The predicted molar refractivity (Wildman–Crippen MR) is 78.6 cm³/mol. The lowest BCUT2D eigenvalue weighted by atomic mass is 10.0. The molecule has 0 radical (unpaired) electrons. The average molecular weight is 284 g/mol. The number of carbonyl (C=O) groups excluding carboxylic acids is 2. The van der Waals surface area contributed by atoms with Crippen LogP contribution < -0.4 is 0 Å². The molecule has 1 heterocycles. The van der Waals surface area contributed by atoms with Gasteiger partial charge in [0, 0.05) is 7.05 Å². The Labute approximate surface area is 122 Å². The minimum Gasteiger partial charge on any atom is -0.387 e. The SMILES string of the molecule is CN1CC(=O)N(CC(O)c2ccc3ccccc3c2)C1=O. The van der Waals surface area contributed by atoms with E-state index in [0.717, 1.165) is 15.7 Å². The molecular formula is C16H16N2O3. The number of amides is 3. The molecule has 1 saturated heterocycles. The molecule has 0 bridgehead atoms. The number of hydrogen-bond donors (Lipinski definition) is 1. The van der Waals surface area contributed by atoms with Crippen molar-refractivity contribution in [1.82, 2.24) is 9.80 Å². The zero-order valence-corrected chi connectivity index (χ0v) is 11.7. The Kier molecular flexibility index (Phi) is 3.35. The van der Waals surface area contributed by atoms with Gasteiger partial charge in [-0.05, 0) is 22.4 Å². The monoisotopic (exact) mass is 284 g/mol. The number of likely N-dealkylation sites (N-methyl/N-ethyl adjacent to an activating group) is 1. The fourth-order valence-electron chi connectivity index (χ4n) is 2.54. The van der Waals surface area contributed by atoms with E-state index in [9.17, 15) is 14.7 Å². The third kappa shape index (κ3) is 2.48.